The maximum atomic E-state index is 12.6. The van der Waals surface area contributed by atoms with Gasteiger partial charge in [-0.05, 0) is 48.7 Å². The van der Waals surface area contributed by atoms with Gasteiger partial charge in [-0.1, -0.05) is 0 Å². The molecule has 1 aliphatic carbocycles. The molecule has 1 amide bonds. The highest BCUT2D eigenvalue weighted by molar-refractivity contribution is 7.14. The fourth-order valence-corrected chi connectivity index (χ4v) is 4.09. The SMILES string of the molecule is O=C(Nc1nc(-c2ccc3c(c2)CCO3)cs1)c1ccc(NC2CC2)c([N+](=O)[O-])c1. The standard InChI is InChI=1S/C21H18N4O4S/c26-20(14-1-5-16(22-15-3-4-15)18(10-14)25(27)28)24-21-23-17(11-30-21)12-2-6-19-13(9-12)7-8-29-19/h1-2,5-6,9-11,15,22H,3-4,7-8H2,(H,23,24,26). The molecule has 0 bridgehead atoms. The van der Waals surface area contributed by atoms with Crippen LogP contribution in [0.5, 0.6) is 5.75 Å². The number of hydrogen-bond donors (Lipinski definition) is 2. The molecule has 2 heterocycles. The van der Waals surface area contributed by atoms with Crippen LogP contribution in [-0.2, 0) is 6.42 Å². The number of benzene rings is 2. The molecule has 1 fully saturated rings. The number of fused-ring (bicyclic) bond motifs is 1. The zero-order valence-corrected chi connectivity index (χ0v) is 16.7. The van der Waals surface area contributed by atoms with Crippen molar-refractivity contribution in [2.75, 3.05) is 17.2 Å². The van der Waals surface area contributed by atoms with E-state index in [2.05, 4.69) is 21.7 Å². The number of carbonyl (C=O) groups excluding carboxylic acids is 1. The number of nitro groups is 1. The lowest BCUT2D eigenvalue weighted by Gasteiger charge is -2.07. The molecule has 8 nitrogen and oxygen atoms in total. The lowest BCUT2D eigenvalue weighted by molar-refractivity contribution is -0.384. The maximum absolute atomic E-state index is 12.6. The predicted octanol–water partition coefficient (Wildman–Crippen LogP) is 4.48. The Morgan fingerprint density at radius 3 is 2.90 bits per heavy atom. The van der Waals surface area contributed by atoms with Crippen LogP contribution < -0.4 is 15.4 Å². The second-order valence-electron chi connectivity index (χ2n) is 7.32. The zero-order chi connectivity index (χ0) is 20.7. The molecular weight excluding hydrogens is 404 g/mol. The van der Waals surface area contributed by atoms with Gasteiger partial charge in [-0.25, -0.2) is 4.98 Å². The van der Waals surface area contributed by atoms with Crippen molar-refractivity contribution >= 4 is 33.8 Å². The summed E-state index contributed by atoms with van der Waals surface area (Å²) < 4.78 is 5.53. The number of nitrogens with one attached hydrogen (secondary N) is 2. The van der Waals surface area contributed by atoms with Gasteiger partial charge in [-0.2, -0.15) is 0 Å². The summed E-state index contributed by atoms with van der Waals surface area (Å²) in [6.07, 6.45) is 2.88. The largest absolute Gasteiger partial charge is 0.493 e. The van der Waals surface area contributed by atoms with Crippen molar-refractivity contribution in [3.05, 3.63) is 63.0 Å². The molecule has 1 aromatic heterocycles. The Kier molecular flexibility index (Phi) is 4.59. The summed E-state index contributed by atoms with van der Waals surface area (Å²) in [6.45, 7) is 0.693. The third-order valence-corrected chi connectivity index (χ3v) is 5.86. The molecule has 0 saturated heterocycles. The van der Waals surface area contributed by atoms with Crippen LogP contribution in [0.1, 0.15) is 28.8 Å². The number of thiazole rings is 1. The van der Waals surface area contributed by atoms with E-state index in [0.717, 1.165) is 41.8 Å². The van der Waals surface area contributed by atoms with Gasteiger partial charge in [-0.3, -0.25) is 20.2 Å². The first-order valence-electron chi connectivity index (χ1n) is 9.65. The van der Waals surface area contributed by atoms with Crippen LogP contribution in [-0.4, -0.2) is 28.5 Å². The van der Waals surface area contributed by atoms with Gasteiger partial charge < -0.3 is 10.1 Å². The number of rotatable bonds is 6. The molecule has 9 heteroatoms. The smallest absolute Gasteiger partial charge is 0.293 e. The monoisotopic (exact) mass is 422 g/mol. The van der Waals surface area contributed by atoms with Crippen molar-refractivity contribution in [3.8, 4) is 17.0 Å². The summed E-state index contributed by atoms with van der Waals surface area (Å²) >= 11 is 1.31. The third kappa shape index (κ3) is 3.71. The number of anilines is 2. The summed E-state index contributed by atoms with van der Waals surface area (Å²) in [5, 5.41) is 19.6. The molecule has 3 aromatic rings. The Balaban J connectivity index is 1.33. The van der Waals surface area contributed by atoms with E-state index in [1.54, 1.807) is 12.1 Å². The van der Waals surface area contributed by atoms with Crippen molar-refractivity contribution in [1.82, 2.24) is 4.98 Å². The third-order valence-electron chi connectivity index (χ3n) is 5.10. The van der Waals surface area contributed by atoms with Crippen LogP contribution in [0.2, 0.25) is 0 Å². The second kappa shape index (κ2) is 7.42. The van der Waals surface area contributed by atoms with E-state index >= 15 is 0 Å². The van der Waals surface area contributed by atoms with E-state index in [0.29, 0.717) is 17.4 Å². The number of carbonyl (C=O) groups is 1. The molecule has 0 radical (unpaired) electrons. The molecule has 0 spiro atoms. The van der Waals surface area contributed by atoms with Crippen molar-refractivity contribution in [3.63, 3.8) is 0 Å². The van der Waals surface area contributed by atoms with Crippen molar-refractivity contribution in [2.24, 2.45) is 0 Å². The average molecular weight is 422 g/mol. The maximum Gasteiger partial charge on any atom is 0.293 e. The Bertz CT molecular complexity index is 1160. The molecule has 0 unspecified atom stereocenters. The summed E-state index contributed by atoms with van der Waals surface area (Å²) in [5.74, 6) is 0.475. The van der Waals surface area contributed by atoms with Gasteiger partial charge in [0, 0.05) is 35.0 Å². The highest BCUT2D eigenvalue weighted by Crippen LogP contribution is 2.33. The Morgan fingerprint density at radius 2 is 2.10 bits per heavy atom. The fraction of sp³-hybridized carbons (Fsp3) is 0.238. The van der Waals surface area contributed by atoms with E-state index in [9.17, 15) is 14.9 Å². The molecular formula is C21H18N4O4S. The molecule has 1 aliphatic heterocycles. The molecule has 0 atom stereocenters. The number of nitro benzene ring substituents is 1. The van der Waals surface area contributed by atoms with E-state index in [4.69, 9.17) is 4.74 Å². The molecule has 2 aromatic carbocycles. The Morgan fingerprint density at radius 1 is 1.23 bits per heavy atom. The summed E-state index contributed by atoms with van der Waals surface area (Å²) in [5.41, 5.74) is 3.43. The quantitative estimate of drug-likeness (QED) is 0.448. The molecule has 1 saturated carbocycles. The normalized spacial score (nSPS) is 14.7. The van der Waals surface area contributed by atoms with Crippen LogP contribution >= 0.6 is 11.3 Å². The van der Waals surface area contributed by atoms with Crippen molar-refractivity contribution < 1.29 is 14.5 Å². The van der Waals surface area contributed by atoms with Crippen LogP contribution in [0, 0.1) is 10.1 Å². The molecule has 2 N–H and O–H groups in total. The number of aromatic nitrogens is 1. The van der Waals surface area contributed by atoms with E-state index in [-0.39, 0.29) is 17.3 Å². The minimum Gasteiger partial charge on any atom is -0.493 e. The first kappa shape index (κ1) is 18.6. The van der Waals surface area contributed by atoms with E-state index < -0.39 is 10.8 Å². The topological polar surface area (TPSA) is 106 Å². The Labute approximate surface area is 176 Å². The van der Waals surface area contributed by atoms with E-state index in [1.165, 1.54) is 17.4 Å². The fourth-order valence-electron chi connectivity index (χ4n) is 3.37. The van der Waals surface area contributed by atoms with Gasteiger partial charge in [0.2, 0.25) is 0 Å². The van der Waals surface area contributed by atoms with Gasteiger partial charge in [0.25, 0.3) is 11.6 Å². The van der Waals surface area contributed by atoms with Gasteiger partial charge >= 0.3 is 0 Å². The van der Waals surface area contributed by atoms with Gasteiger partial charge in [0.05, 0.1) is 17.2 Å². The first-order chi connectivity index (χ1) is 14.6. The minimum absolute atomic E-state index is 0.102. The highest BCUT2D eigenvalue weighted by Gasteiger charge is 2.25. The summed E-state index contributed by atoms with van der Waals surface area (Å²) in [7, 11) is 0. The van der Waals surface area contributed by atoms with E-state index in [1.807, 2.05) is 17.5 Å². The summed E-state index contributed by atoms with van der Waals surface area (Å²) in [4.78, 5) is 28.1. The lowest BCUT2D eigenvalue weighted by atomic mass is 10.1. The predicted molar refractivity (Wildman–Crippen MR) is 114 cm³/mol. The van der Waals surface area contributed by atoms with Gasteiger partial charge in [0.15, 0.2) is 5.13 Å². The minimum atomic E-state index is -0.472. The zero-order valence-electron chi connectivity index (χ0n) is 15.9. The number of ether oxygens (including phenoxy) is 1. The number of amides is 1. The second-order valence-corrected chi connectivity index (χ2v) is 8.18. The molecule has 5 rings (SSSR count). The number of nitrogens with zero attached hydrogens (tertiary/aromatic N) is 2. The molecule has 30 heavy (non-hydrogen) atoms. The van der Waals surface area contributed by atoms with Crippen molar-refractivity contribution in [2.45, 2.75) is 25.3 Å². The van der Waals surface area contributed by atoms with Crippen LogP contribution in [0.4, 0.5) is 16.5 Å². The first-order valence-corrected chi connectivity index (χ1v) is 10.5. The lowest BCUT2D eigenvalue weighted by Crippen LogP contribution is -2.13. The number of hydrogen-bond acceptors (Lipinski definition) is 7. The van der Waals surface area contributed by atoms with Crippen molar-refractivity contribution in [1.29, 1.82) is 0 Å². The molecule has 2 aliphatic rings. The van der Waals surface area contributed by atoms with Crippen LogP contribution in [0.25, 0.3) is 11.3 Å². The highest BCUT2D eigenvalue weighted by atomic mass is 32.1. The van der Waals surface area contributed by atoms with Crippen LogP contribution in [0.3, 0.4) is 0 Å². The van der Waals surface area contributed by atoms with Crippen LogP contribution in [0.15, 0.2) is 41.8 Å². The van der Waals surface area contributed by atoms with Gasteiger partial charge in [0.1, 0.15) is 11.4 Å². The Hall–Kier alpha value is -3.46. The average Bonchev–Trinajstić information content (AvgIpc) is 3.24. The molecule has 152 valence electrons. The van der Waals surface area contributed by atoms with Gasteiger partial charge in [-0.15, -0.1) is 11.3 Å². The summed E-state index contributed by atoms with van der Waals surface area (Å²) in [6, 6.07) is 10.7.